The Bertz CT molecular complexity index is 650. The first-order valence-electron chi connectivity index (χ1n) is 5.66. The fourth-order valence-corrected chi connectivity index (χ4v) is 3.04. The van der Waals surface area contributed by atoms with Crippen molar-refractivity contribution >= 4 is 32.9 Å². The number of aliphatic hydroxyl groups excluding tert-OH is 1. The van der Waals surface area contributed by atoms with Gasteiger partial charge in [0.15, 0.2) is 0 Å². The zero-order chi connectivity index (χ0) is 12.9. The third-order valence-electron chi connectivity index (χ3n) is 3.22. The number of hydrogen-bond acceptors (Lipinski definition) is 3. The summed E-state index contributed by atoms with van der Waals surface area (Å²) in [6, 6.07) is 3.14. The predicted octanol–water partition coefficient (Wildman–Crippen LogP) is 1.80. The van der Waals surface area contributed by atoms with Gasteiger partial charge in [0.25, 0.3) is 0 Å². The molecule has 0 radical (unpaired) electrons. The van der Waals surface area contributed by atoms with E-state index in [1.807, 2.05) is 4.57 Å². The van der Waals surface area contributed by atoms with Crippen molar-refractivity contribution in [2.45, 2.75) is 25.5 Å². The number of fused-ring (bicyclic) bond motifs is 3. The van der Waals surface area contributed by atoms with Crippen LogP contribution in [0.5, 0.6) is 0 Å². The largest absolute Gasteiger partial charge is 0.478 e. The molecular formula is C12H11BrN2O3. The molecular weight excluding hydrogens is 300 g/mol. The number of carbonyl (C=O) groups is 1. The van der Waals surface area contributed by atoms with E-state index in [2.05, 4.69) is 20.9 Å². The average Bonchev–Trinajstić information content (AvgIpc) is 2.66. The van der Waals surface area contributed by atoms with Gasteiger partial charge in [-0.05, 0) is 34.5 Å². The number of benzene rings is 1. The van der Waals surface area contributed by atoms with Gasteiger partial charge in [0.2, 0.25) is 0 Å². The number of aliphatic hydroxyl groups is 1. The number of aryl methyl sites for hydroxylation is 1. The van der Waals surface area contributed by atoms with Gasteiger partial charge in [0.1, 0.15) is 5.82 Å². The van der Waals surface area contributed by atoms with Crippen LogP contribution in [0.2, 0.25) is 0 Å². The van der Waals surface area contributed by atoms with Gasteiger partial charge in [-0.1, -0.05) is 0 Å². The van der Waals surface area contributed by atoms with Crippen LogP contribution in [0.4, 0.5) is 0 Å². The van der Waals surface area contributed by atoms with Crippen molar-refractivity contribution < 1.29 is 15.0 Å². The van der Waals surface area contributed by atoms with Gasteiger partial charge in [0.05, 0.1) is 29.2 Å². The maximum atomic E-state index is 11.0. The van der Waals surface area contributed by atoms with Crippen LogP contribution in [0.3, 0.4) is 0 Å². The van der Waals surface area contributed by atoms with Gasteiger partial charge in [-0.3, -0.25) is 0 Å². The van der Waals surface area contributed by atoms with Gasteiger partial charge < -0.3 is 14.8 Å². The lowest BCUT2D eigenvalue weighted by molar-refractivity contribution is 0.0697. The second kappa shape index (κ2) is 4.07. The summed E-state index contributed by atoms with van der Waals surface area (Å²) in [5, 5.41) is 18.7. The van der Waals surface area contributed by atoms with Crippen molar-refractivity contribution in [1.29, 1.82) is 0 Å². The summed E-state index contributed by atoms with van der Waals surface area (Å²) in [6.07, 6.45) is 1.05. The van der Waals surface area contributed by atoms with Crippen molar-refractivity contribution in [3.63, 3.8) is 0 Å². The number of halogens is 1. The van der Waals surface area contributed by atoms with Crippen molar-refractivity contribution in [1.82, 2.24) is 9.55 Å². The summed E-state index contributed by atoms with van der Waals surface area (Å²) < 4.78 is 2.66. The highest BCUT2D eigenvalue weighted by Gasteiger charge is 2.22. The van der Waals surface area contributed by atoms with Crippen molar-refractivity contribution in [2.75, 3.05) is 0 Å². The van der Waals surface area contributed by atoms with Crippen LogP contribution in [0, 0.1) is 0 Å². The Labute approximate surface area is 111 Å². The number of nitrogens with zero attached hydrogens (tertiary/aromatic N) is 2. The molecule has 0 fully saturated rings. The minimum absolute atomic E-state index is 0.213. The van der Waals surface area contributed by atoms with Crippen LogP contribution in [-0.2, 0) is 13.0 Å². The molecule has 0 saturated heterocycles. The first-order valence-corrected chi connectivity index (χ1v) is 6.45. The Morgan fingerprint density at radius 3 is 3.00 bits per heavy atom. The zero-order valence-corrected chi connectivity index (χ0v) is 11.0. The number of aromatic carboxylic acids is 1. The number of hydrogen-bond donors (Lipinski definition) is 2. The lowest BCUT2D eigenvalue weighted by Crippen LogP contribution is -2.24. The molecule has 94 valence electrons. The second-order valence-electron chi connectivity index (χ2n) is 4.46. The Balaban J connectivity index is 2.26. The van der Waals surface area contributed by atoms with E-state index < -0.39 is 5.97 Å². The summed E-state index contributed by atoms with van der Waals surface area (Å²) in [7, 11) is 0. The first-order chi connectivity index (χ1) is 8.56. The Hall–Kier alpha value is -1.40. The van der Waals surface area contributed by atoms with Gasteiger partial charge in [0, 0.05) is 10.9 Å². The molecule has 1 aromatic carbocycles. The summed E-state index contributed by atoms with van der Waals surface area (Å²) in [4.78, 5) is 15.4. The Morgan fingerprint density at radius 1 is 1.50 bits per heavy atom. The SMILES string of the molecule is O=C(O)c1cc(Br)c2c(c1)nc1n2C[C@@H](O)CC1. The number of rotatable bonds is 1. The molecule has 2 heterocycles. The van der Waals surface area contributed by atoms with Crippen LogP contribution >= 0.6 is 15.9 Å². The minimum Gasteiger partial charge on any atom is -0.478 e. The summed E-state index contributed by atoms with van der Waals surface area (Å²) in [5.74, 6) is -0.0675. The smallest absolute Gasteiger partial charge is 0.335 e. The molecule has 1 atom stereocenters. The van der Waals surface area contributed by atoms with E-state index in [-0.39, 0.29) is 11.7 Å². The van der Waals surface area contributed by atoms with E-state index in [0.29, 0.717) is 29.4 Å². The Kier molecular flexibility index (Phi) is 2.64. The second-order valence-corrected chi connectivity index (χ2v) is 5.32. The molecule has 0 aliphatic carbocycles. The van der Waals surface area contributed by atoms with E-state index in [0.717, 1.165) is 11.3 Å². The molecule has 2 N–H and O–H groups in total. The highest BCUT2D eigenvalue weighted by molar-refractivity contribution is 9.10. The van der Waals surface area contributed by atoms with E-state index in [9.17, 15) is 9.90 Å². The lowest BCUT2D eigenvalue weighted by Gasteiger charge is -2.20. The molecule has 3 rings (SSSR count). The molecule has 1 aliphatic rings. The maximum Gasteiger partial charge on any atom is 0.335 e. The molecule has 0 saturated carbocycles. The topological polar surface area (TPSA) is 75.3 Å². The van der Waals surface area contributed by atoms with E-state index in [4.69, 9.17) is 5.11 Å². The van der Waals surface area contributed by atoms with Crippen LogP contribution in [-0.4, -0.2) is 31.8 Å². The van der Waals surface area contributed by atoms with Crippen molar-refractivity contribution in [2.24, 2.45) is 0 Å². The molecule has 5 nitrogen and oxygen atoms in total. The summed E-state index contributed by atoms with van der Waals surface area (Å²) in [5.41, 5.74) is 1.73. The van der Waals surface area contributed by atoms with Gasteiger partial charge in [-0.15, -0.1) is 0 Å². The highest BCUT2D eigenvalue weighted by atomic mass is 79.9. The van der Waals surface area contributed by atoms with E-state index in [1.165, 1.54) is 0 Å². The molecule has 0 spiro atoms. The zero-order valence-electron chi connectivity index (χ0n) is 9.43. The van der Waals surface area contributed by atoms with Crippen LogP contribution in [0.1, 0.15) is 22.6 Å². The molecule has 0 bridgehead atoms. The van der Waals surface area contributed by atoms with Crippen LogP contribution in [0.25, 0.3) is 11.0 Å². The molecule has 0 amide bonds. The fourth-order valence-electron chi connectivity index (χ4n) is 2.37. The van der Waals surface area contributed by atoms with Gasteiger partial charge >= 0.3 is 5.97 Å². The summed E-state index contributed by atoms with van der Waals surface area (Å²) in [6.45, 7) is 0.511. The van der Waals surface area contributed by atoms with Crippen LogP contribution < -0.4 is 0 Å². The first kappa shape index (κ1) is 11.7. The van der Waals surface area contributed by atoms with Crippen molar-refractivity contribution in [3.8, 4) is 0 Å². The number of aromatic nitrogens is 2. The highest BCUT2D eigenvalue weighted by Crippen LogP contribution is 2.29. The maximum absolute atomic E-state index is 11.0. The van der Waals surface area contributed by atoms with Crippen molar-refractivity contribution in [3.05, 3.63) is 28.0 Å². The minimum atomic E-state index is -0.969. The number of carboxylic acid groups (broad SMARTS) is 1. The predicted molar refractivity (Wildman–Crippen MR) is 68.7 cm³/mol. The van der Waals surface area contributed by atoms with Gasteiger partial charge in [-0.2, -0.15) is 0 Å². The molecule has 1 aromatic heterocycles. The number of imidazole rings is 1. The quantitative estimate of drug-likeness (QED) is 0.842. The van der Waals surface area contributed by atoms with E-state index >= 15 is 0 Å². The lowest BCUT2D eigenvalue weighted by atomic mass is 10.1. The van der Waals surface area contributed by atoms with Gasteiger partial charge in [-0.25, -0.2) is 9.78 Å². The average molecular weight is 311 g/mol. The molecule has 18 heavy (non-hydrogen) atoms. The third-order valence-corrected chi connectivity index (χ3v) is 3.82. The molecule has 6 heteroatoms. The normalized spacial score (nSPS) is 18.9. The standard InChI is InChI=1S/C12H11BrN2O3/c13-8-3-6(12(17)18)4-9-11(8)15-5-7(16)1-2-10(15)14-9/h3-4,7,16H,1-2,5H2,(H,17,18)/t7-/m0/s1. The molecule has 2 aromatic rings. The monoisotopic (exact) mass is 310 g/mol. The summed E-state index contributed by atoms with van der Waals surface area (Å²) >= 11 is 3.39. The fraction of sp³-hybridized carbons (Fsp3) is 0.333. The van der Waals surface area contributed by atoms with Crippen LogP contribution in [0.15, 0.2) is 16.6 Å². The Morgan fingerprint density at radius 2 is 2.28 bits per heavy atom. The number of carboxylic acids is 1. The molecule has 1 aliphatic heterocycles. The van der Waals surface area contributed by atoms with E-state index in [1.54, 1.807) is 12.1 Å². The third kappa shape index (κ3) is 1.72. The molecule has 0 unspecified atom stereocenters.